The summed E-state index contributed by atoms with van der Waals surface area (Å²) >= 11 is 5.18. The molecule has 2 aromatic rings. The van der Waals surface area contributed by atoms with Crippen LogP contribution in [0.3, 0.4) is 0 Å². The molecule has 0 aliphatic carbocycles. The van der Waals surface area contributed by atoms with Crippen LogP contribution in [0.1, 0.15) is 18.1 Å². The molecule has 0 amide bonds. The number of thiophene rings is 1. The number of rotatable bonds is 2. The van der Waals surface area contributed by atoms with Crippen LogP contribution in [0.5, 0.6) is 0 Å². The standard InChI is InChI=1S/C11H12BrNS/c1-2-7-4-3-5-8-9(6-12)11(13)14-10(7)8/h3-5H,2,6,13H2,1H3. The van der Waals surface area contributed by atoms with Crippen LogP contribution >= 0.6 is 27.3 Å². The van der Waals surface area contributed by atoms with Crippen LogP contribution in [0.2, 0.25) is 0 Å². The van der Waals surface area contributed by atoms with Gasteiger partial charge in [-0.1, -0.05) is 41.1 Å². The lowest BCUT2D eigenvalue weighted by atomic mass is 10.1. The highest BCUT2D eigenvalue weighted by atomic mass is 79.9. The van der Waals surface area contributed by atoms with Crippen LogP contribution in [-0.4, -0.2) is 0 Å². The third-order valence-corrected chi connectivity index (χ3v) is 4.16. The molecule has 1 aromatic carbocycles. The van der Waals surface area contributed by atoms with Gasteiger partial charge in [-0.15, -0.1) is 11.3 Å². The number of benzene rings is 1. The molecule has 1 heterocycles. The number of fused-ring (bicyclic) bond motifs is 1. The van der Waals surface area contributed by atoms with Gasteiger partial charge in [-0.2, -0.15) is 0 Å². The molecule has 0 aliphatic heterocycles. The van der Waals surface area contributed by atoms with E-state index in [9.17, 15) is 0 Å². The van der Waals surface area contributed by atoms with Gasteiger partial charge >= 0.3 is 0 Å². The zero-order valence-corrected chi connectivity index (χ0v) is 10.4. The highest BCUT2D eigenvalue weighted by molar-refractivity contribution is 9.08. The fourth-order valence-electron chi connectivity index (χ4n) is 1.66. The number of anilines is 1. The summed E-state index contributed by atoms with van der Waals surface area (Å²) in [5, 5.41) is 3.09. The normalized spacial score (nSPS) is 11.0. The second-order valence-corrected chi connectivity index (χ2v) is 4.84. The first kappa shape index (κ1) is 9.99. The third kappa shape index (κ3) is 1.44. The Bertz CT molecular complexity index is 462. The Labute approximate surface area is 96.1 Å². The molecule has 0 aliphatic rings. The molecule has 0 saturated heterocycles. The van der Waals surface area contributed by atoms with Gasteiger partial charge in [-0.3, -0.25) is 0 Å². The number of nitrogen functional groups attached to an aromatic ring is 1. The van der Waals surface area contributed by atoms with Crippen LogP contribution < -0.4 is 5.73 Å². The summed E-state index contributed by atoms with van der Waals surface area (Å²) in [5.74, 6) is 0. The van der Waals surface area contributed by atoms with Gasteiger partial charge in [0.15, 0.2) is 0 Å². The number of hydrogen-bond acceptors (Lipinski definition) is 2. The minimum absolute atomic E-state index is 0.839. The molecule has 0 atom stereocenters. The van der Waals surface area contributed by atoms with Crippen molar-refractivity contribution in [1.82, 2.24) is 0 Å². The molecule has 0 unspecified atom stereocenters. The summed E-state index contributed by atoms with van der Waals surface area (Å²) in [6.45, 7) is 2.18. The molecule has 2 rings (SSSR count). The molecular weight excluding hydrogens is 258 g/mol. The van der Waals surface area contributed by atoms with Crippen molar-refractivity contribution < 1.29 is 0 Å². The molecule has 74 valence electrons. The van der Waals surface area contributed by atoms with Crippen molar-refractivity contribution in [2.45, 2.75) is 18.7 Å². The van der Waals surface area contributed by atoms with E-state index < -0.39 is 0 Å². The highest BCUT2D eigenvalue weighted by Crippen LogP contribution is 2.36. The molecule has 14 heavy (non-hydrogen) atoms. The van der Waals surface area contributed by atoms with Crippen molar-refractivity contribution in [1.29, 1.82) is 0 Å². The Morgan fingerprint density at radius 3 is 2.86 bits per heavy atom. The zero-order chi connectivity index (χ0) is 10.1. The molecule has 0 fully saturated rings. The van der Waals surface area contributed by atoms with Gasteiger partial charge in [-0.05, 0) is 17.4 Å². The molecule has 1 aromatic heterocycles. The lowest BCUT2D eigenvalue weighted by Crippen LogP contribution is -1.84. The monoisotopic (exact) mass is 269 g/mol. The molecule has 0 radical (unpaired) electrons. The predicted molar refractivity (Wildman–Crippen MR) is 68.2 cm³/mol. The lowest BCUT2D eigenvalue weighted by molar-refractivity contribution is 1.16. The van der Waals surface area contributed by atoms with E-state index in [0.717, 1.165) is 16.8 Å². The minimum atomic E-state index is 0.839. The molecule has 0 bridgehead atoms. The van der Waals surface area contributed by atoms with E-state index in [4.69, 9.17) is 5.73 Å². The maximum atomic E-state index is 5.98. The minimum Gasteiger partial charge on any atom is -0.390 e. The Morgan fingerprint density at radius 1 is 1.43 bits per heavy atom. The van der Waals surface area contributed by atoms with E-state index >= 15 is 0 Å². The maximum absolute atomic E-state index is 5.98. The lowest BCUT2D eigenvalue weighted by Gasteiger charge is -1.98. The Morgan fingerprint density at radius 2 is 2.21 bits per heavy atom. The van der Waals surface area contributed by atoms with Gasteiger partial charge in [0, 0.05) is 15.6 Å². The summed E-state index contributed by atoms with van der Waals surface area (Å²) < 4.78 is 1.35. The van der Waals surface area contributed by atoms with Crippen molar-refractivity contribution in [3.05, 3.63) is 29.3 Å². The van der Waals surface area contributed by atoms with Crippen molar-refractivity contribution in [3.63, 3.8) is 0 Å². The summed E-state index contributed by atoms with van der Waals surface area (Å²) in [6.07, 6.45) is 1.07. The number of alkyl halides is 1. The molecule has 0 spiro atoms. The Kier molecular flexibility index (Phi) is 2.79. The van der Waals surface area contributed by atoms with E-state index in [0.29, 0.717) is 0 Å². The number of hydrogen-bond donors (Lipinski definition) is 1. The molecule has 2 N–H and O–H groups in total. The molecule has 0 saturated carbocycles. The van der Waals surface area contributed by atoms with E-state index in [2.05, 4.69) is 41.1 Å². The first-order chi connectivity index (χ1) is 6.77. The fourth-order valence-corrected chi connectivity index (χ4v) is 3.62. The van der Waals surface area contributed by atoms with Crippen LogP contribution in [-0.2, 0) is 11.8 Å². The van der Waals surface area contributed by atoms with Crippen LogP contribution in [0, 0.1) is 0 Å². The van der Waals surface area contributed by atoms with Gasteiger partial charge in [0.1, 0.15) is 0 Å². The highest BCUT2D eigenvalue weighted by Gasteiger charge is 2.10. The summed E-state index contributed by atoms with van der Waals surface area (Å²) in [4.78, 5) is 0. The van der Waals surface area contributed by atoms with Gasteiger partial charge in [0.05, 0.1) is 5.00 Å². The Balaban J connectivity index is 2.79. The van der Waals surface area contributed by atoms with Gasteiger partial charge in [-0.25, -0.2) is 0 Å². The summed E-state index contributed by atoms with van der Waals surface area (Å²) in [7, 11) is 0. The largest absolute Gasteiger partial charge is 0.390 e. The van der Waals surface area contributed by atoms with Crippen LogP contribution in [0.15, 0.2) is 18.2 Å². The first-order valence-electron chi connectivity index (χ1n) is 4.62. The SMILES string of the molecule is CCc1cccc2c(CBr)c(N)sc12. The molecule has 1 nitrogen and oxygen atoms in total. The maximum Gasteiger partial charge on any atom is 0.0910 e. The first-order valence-corrected chi connectivity index (χ1v) is 6.56. The van der Waals surface area contributed by atoms with Gasteiger partial charge < -0.3 is 5.73 Å². The van der Waals surface area contributed by atoms with E-state index in [1.54, 1.807) is 11.3 Å². The zero-order valence-electron chi connectivity index (χ0n) is 8.01. The van der Waals surface area contributed by atoms with Gasteiger partial charge in [0.2, 0.25) is 0 Å². The second kappa shape index (κ2) is 3.91. The quantitative estimate of drug-likeness (QED) is 0.822. The topological polar surface area (TPSA) is 26.0 Å². The smallest absolute Gasteiger partial charge is 0.0910 e. The summed E-state index contributed by atoms with van der Waals surface area (Å²) in [6, 6.07) is 6.44. The average Bonchev–Trinajstić information content (AvgIpc) is 2.52. The summed E-state index contributed by atoms with van der Waals surface area (Å²) in [5.41, 5.74) is 8.61. The van der Waals surface area contributed by atoms with Crippen molar-refractivity contribution in [2.75, 3.05) is 5.73 Å². The molecule has 3 heteroatoms. The molecular formula is C11H12BrNS. The average molecular weight is 270 g/mol. The van der Waals surface area contributed by atoms with E-state index in [1.807, 2.05) is 0 Å². The Hall–Kier alpha value is -0.540. The van der Waals surface area contributed by atoms with Crippen molar-refractivity contribution >= 4 is 42.4 Å². The number of halogens is 1. The van der Waals surface area contributed by atoms with Crippen molar-refractivity contribution in [2.24, 2.45) is 0 Å². The van der Waals surface area contributed by atoms with E-state index in [1.165, 1.54) is 21.2 Å². The fraction of sp³-hybridized carbons (Fsp3) is 0.273. The van der Waals surface area contributed by atoms with Crippen molar-refractivity contribution in [3.8, 4) is 0 Å². The van der Waals surface area contributed by atoms with Crippen LogP contribution in [0.25, 0.3) is 10.1 Å². The predicted octanol–water partition coefficient (Wildman–Crippen LogP) is 3.94. The number of nitrogens with two attached hydrogens (primary N) is 1. The number of aryl methyl sites for hydroxylation is 1. The second-order valence-electron chi connectivity index (χ2n) is 3.23. The van der Waals surface area contributed by atoms with E-state index in [-0.39, 0.29) is 0 Å². The van der Waals surface area contributed by atoms with Crippen LogP contribution in [0.4, 0.5) is 5.00 Å². The third-order valence-electron chi connectivity index (χ3n) is 2.45. The van der Waals surface area contributed by atoms with Gasteiger partial charge in [0.25, 0.3) is 0 Å².